The van der Waals surface area contributed by atoms with Crippen LogP contribution in [0.15, 0.2) is 65.1 Å². The Bertz CT molecular complexity index is 1110. The van der Waals surface area contributed by atoms with Crippen LogP contribution in [-0.2, 0) is 13.2 Å². The van der Waals surface area contributed by atoms with Crippen molar-refractivity contribution in [2.45, 2.75) is 13.2 Å². The fraction of sp³-hybridized carbons (Fsp3) is 0.261. The van der Waals surface area contributed by atoms with Gasteiger partial charge in [0.2, 0.25) is 0 Å². The molecule has 3 aromatic rings. The second kappa shape index (κ2) is 9.61. The van der Waals surface area contributed by atoms with Gasteiger partial charge in [0.1, 0.15) is 18.2 Å². The van der Waals surface area contributed by atoms with E-state index in [2.05, 4.69) is 4.90 Å². The zero-order chi connectivity index (χ0) is 22.5. The number of nitro groups is 1. The van der Waals surface area contributed by atoms with E-state index < -0.39 is 4.92 Å². The van der Waals surface area contributed by atoms with Gasteiger partial charge < -0.3 is 14.1 Å². The number of carbonyl (C=O) groups excluding carboxylic acids is 1. The summed E-state index contributed by atoms with van der Waals surface area (Å²) in [5.41, 5.74) is 0.769. The first-order chi connectivity index (χ1) is 15.5. The quantitative estimate of drug-likeness (QED) is 0.410. The highest BCUT2D eigenvalue weighted by Crippen LogP contribution is 2.27. The monoisotopic (exact) mass is 439 g/mol. The molecular formula is C23H22FN3O5. The number of para-hydroxylation sites is 2. The topological polar surface area (TPSA) is 89.1 Å². The van der Waals surface area contributed by atoms with E-state index in [0.29, 0.717) is 38.5 Å². The fourth-order valence-corrected chi connectivity index (χ4v) is 3.61. The molecule has 166 valence electrons. The molecule has 0 saturated carbocycles. The Hall–Kier alpha value is -3.72. The third-order valence-corrected chi connectivity index (χ3v) is 5.26. The maximum absolute atomic E-state index is 13.4. The molecule has 0 unspecified atom stereocenters. The molecule has 1 aliphatic heterocycles. The molecule has 0 bridgehead atoms. The molecule has 9 heteroatoms. The van der Waals surface area contributed by atoms with E-state index in [1.54, 1.807) is 35.2 Å². The molecule has 0 aliphatic carbocycles. The van der Waals surface area contributed by atoms with Gasteiger partial charge in [-0.3, -0.25) is 19.8 Å². The van der Waals surface area contributed by atoms with Crippen molar-refractivity contribution in [3.05, 3.63) is 93.7 Å². The second-order valence-electron chi connectivity index (χ2n) is 7.48. The molecule has 4 rings (SSSR count). The molecule has 8 nitrogen and oxygen atoms in total. The Morgan fingerprint density at radius 1 is 1.06 bits per heavy atom. The number of furan rings is 1. The summed E-state index contributed by atoms with van der Waals surface area (Å²) >= 11 is 0. The van der Waals surface area contributed by atoms with E-state index >= 15 is 0 Å². The van der Waals surface area contributed by atoms with E-state index in [-0.39, 0.29) is 35.5 Å². The molecule has 0 N–H and O–H groups in total. The van der Waals surface area contributed by atoms with Crippen LogP contribution >= 0.6 is 0 Å². The Kier molecular flexibility index (Phi) is 6.46. The number of amides is 1. The Morgan fingerprint density at radius 3 is 2.59 bits per heavy atom. The number of benzene rings is 2. The number of halogens is 1. The van der Waals surface area contributed by atoms with Crippen LogP contribution in [-0.4, -0.2) is 46.8 Å². The Balaban J connectivity index is 1.30. The summed E-state index contributed by atoms with van der Waals surface area (Å²) in [4.78, 5) is 27.2. The lowest BCUT2D eigenvalue weighted by Crippen LogP contribution is -2.48. The molecule has 1 saturated heterocycles. The van der Waals surface area contributed by atoms with Crippen LogP contribution in [0.3, 0.4) is 0 Å². The first kappa shape index (κ1) is 21.5. The Labute approximate surface area is 184 Å². The highest BCUT2D eigenvalue weighted by Gasteiger charge is 2.24. The zero-order valence-corrected chi connectivity index (χ0v) is 17.3. The lowest BCUT2D eigenvalue weighted by Gasteiger charge is -2.34. The molecule has 0 spiro atoms. The standard InChI is InChI=1S/C23H22FN3O5/c24-18-5-3-4-17(14-18)15-25-10-12-26(13-11-25)23(28)22-9-8-19(32-22)16-31-21-7-2-1-6-20(21)27(29)30/h1-9,14H,10-13,15-16H2. The summed E-state index contributed by atoms with van der Waals surface area (Å²) in [7, 11) is 0. The van der Waals surface area contributed by atoms with Gasteiger partial charge in [0.25, 0.3) is 5.91 Å². The van der Waals surface area contributed by atoms with Gasteiger partial charge in [-0.25, -0.2) is 4.39 Å². The summed E-state index contributed by atoms with van der Waals surface area (Å²) < 4.78 is 24.5. The lowest BCUT2D eigenvalue weighted by molar-refractivity contribution is -0.386. The largest absolute Gasteiger partial charge is 0.479 e. The first-order valence-electron chi connectivity index (χ1n) is 10.2. The summed E-state index contributed by atoms with van der Waals surface area (Å²) in [6.07, 6.45) is 0. The predicted octanol–water partition coefficient (Wildman–Crippen LogP) is 3.86. The van der Waals surface area contributed by atoms with Crippen molar-refractivity contribution in [3.63, 3.8) is 0 Å². The predicted molar refractivity (Wildman–Crippen MR) is 114 cm³/mol. The Morgan fingerprint density at radius 2 is 1.84 bits per heavy atom. The molecule has 1 amide bonds. The number of ether oxygens (including phenoxy) is 1. The SMILES string of the molecule is O=C(c1ccc(COc2ccccc2[N+](=O)[O-])o1)N1CCN(Cc2cccc(F)c2)CC1. The van der Waals surface area contributed by atoms with Crippen LogP contribution in [0.5, 0.6) is 5.75 Å². The molecule has 32 heavy (non-hydrogen) atoms. The number of nitrogens with zero attached hydrogens (tertiary/aromatic N) is 3. The summed E-state index contributed by atoms with van der Waals surface area (Å²) in [5, 5.41) is 11.1. The van der Waals surface area contributed by atoms with Crippen LogP contribution in [0, 0.1) is 15.9 Å². The molecule has 1 fully saturated rings. The van der Waals surface area contributed by atoms with Crippen LogP contribution in [0.4, 0.5) is 10.1 Å². The van der Waals surface area contributed by atoms with E-state index in [0.717, 1.165) is 5.56 Å². The number of hydrogen-bond acceptors (Lipinski definition) is 6. The molecule has 0 radical (unpaired) electrons. The molecule has 2 aromatic carbocycles. The third kappa shape index (κ3) is 5.12. The minimum atomic E-state index is -0.514. The van der Waals surface area contributed by atoms with Crippen LogP contribution < -0.4 is 4.74 Å². The average molecular weight is 439 g/mol. The highest BCUT2D eigenvalue weighted by molar-refractivity contribution is 5.91. The number of nitro benzene ring substituents is 1. The van der Waals surface area contributed by atoms with Crippen molar-refractivity contribution in [1.82, 2.24) is 9.80 Å². The minimum Gasteiger partial charge on any atom is -0.479 e. The van der Waals surface area contributed by atoms with Crippen LogP contribution in [0.25, 0.3) is 0 Å². The summed E-state index contributed by atoms with van der Waals surface area (Å²) in [5.74, 6) is 0.264. The number of carbonyl (C=O) groups is 1. The molecule has 1 aliphatic rings. The number of rotatable bonds is 7. The minimum absolute atomic E-state index is 0.0282. The first-order valence-corrected chi connectivity index (χ1v) is 10.2. The van der Waals surface area contributed by atoms with Crippen molar-refractivity contribution in [2.75, 3.05) is 26.2 Å². The van der Waals surface area contributed by atoms with Crippen molar-refractivity contribution in [2.24, 2.45) is 0 Å². The molecule has 0 atom stereocenters. The summed E-state index contributed by atoms with van der Waals surface area (Å²) in [6, 6.07) is 15.8. The van der Waals surface area contributed by atoms with Gasteiger partial charge in [-0.2, -0.15) is 0 Å². The van der Waals surface area contributed by atoms with Gasteiger partial charge in [0.05, 0.1) is 4.92 Å². The van der Waals surface area contributed by atoms with E-state index in [1.165, 1.54) is 24.3 Å². The maximum atomic E-state index is 13.4. The van der Waals surface area contributed by atoms with Crippen molar-refractivity contribution in [1.29, 1.82) is 0 Å². The van der Waals surface area contributed by atoms with Gasteiger partial charge >= 0.3 is 5.69 Å². The van der Waals surface area contributed by atoms with E-state index in [9.17, 15) is 19.3 Å². The van der Waals surface area contributed by atoms with Gasteiger partial charge in [-0.15, -0.1) is 0 Å². The summed E-state index contributed by atoms with van der Waals surface area (Å²) in [6.45, 7) is 3.04. The van der Waals surface area contributed by atoms with Crippen molar-refractivity contribution in [3.8, 4) is 5.75 Å². The van der Waals surface area contributed by atoms with Gasteiger partial charge in [-0.1, -0.05) is 24.3 Å². The zero-order valence-electron chi connectivity index (χ0n) is 17.3. The number of piperazine rings is 1. The molecular weight excluding hydrogens is 417 g/mol. The van der Waals surface area contributed by atoms with Crippen LogP contribution in [0.2, 0.25) is 0 Å². The third-order valence-electron chi connectivity index (χ3n) is 5.26. The van der Waals surface area contributed by atoms with Crippen LogP contribution in [0.1, 0.15) is 21.9 Å². The molecule has 1 aromatic heterocycles. The van der Waals surface area contributed by atoms with Gasteiger partial charge in [0, 0.05) is 38.8 Å². The van der Waals surface area contributed by atoms with Crippen molar-refractivity contribution < 1.29 is 23.3 Å². The van der Waals surface area contributed by atoms with E-state index in [1.807, 2.05) is 6.07 Å². The second-order valence-corrected chi connectivity index (χ2v) is 7.48. The smallest absolute Gasteiger partial charge is 0.310 e. The molecule has 2 heterocycles. The highest BCUT2D eigenvalue weighted by atomic mass is 19.1. The average Bonchev–Trinajstić information content (AvgIpc) is 3.27. The normalized spacial score (nSPS) is 14.3. The number of hydrogen-bond donors (Lipinski definition) is 0. The maximum Gasteiger partial charge on any atom is 0.310 e. The van der Waals surface area contributed by atoms with E-state index in [4.69, 9.17) is 9.15 Å². The van der Waals surface area contributed by atoms with Crippen molar-refractivity contribution >= 4 is 11.6 Å². The van der Waals surface area contributed by atoms with Gasteiger partial charge in [0.15, 0.2) is 11.5 Å². The fourth-order valence-electron chi connectivity index (χ4n) is 3.61. The van der Waals surface area contributed by atoms with Gasteiger partial charge in [-0.05, 0) is 35.9 Å². The lowest BCUT2D eigenvalue weighted by atomic mass is 10.2.